The average molecular weight is 511 g/mol. The van der Waals surface area contributed by atoms with Gasteiger partial charge in [0.05, 0.1) is 17.6 Å². The Balaban J connectivity index is 1.76. The maximum atomic E-state index is 13.9. The number of fused-ring (bicyclic) bond motifs is 3. The number of carbonyl (C=O) groups is 5. The van der Waals surface area contributed by atoms with E-state index in [4.69, 9.17) is 5.73 Å². The lowest BCUT2D eigenvalue weighted by Gasteiger charge is -2.51. The molecule has 11 heteroatoms. The van der Waals surface area contributed by atoms with Crippen LogP contribution in [0.4, 0.5) is 8.78 Å². The topological polar surface area (TPSA) is 172 Å². The zero-order valence-corrected chi connectivity index (χ0v) is 18.9. The summed E-state index contributed by atoms with van der Waals surface area (Å²) < 4.78 is 27.8. The van der Waals surface area contributed by atoms with Crippen LogP contribution in [0.2, 0.25) is 0 Å². The number of aliphatic hydroxyl groups excluding tert-OH is 1. The zero-order chi connectivity index (χ0) is 27.0. The van der Waals surface area contributed by atoms with Crippen molar-refractivity contribution < 1.29 is 48.1 Å². The van der Waals surface area contributed by atoms with E-state index >= 15 is 0 Å². The molecule has 0 aliphatic heterocycles. The smallest absolute Gasteiger partial charge is 0.235 e. The minimum atomic E-state index is -3.08. The van der Waals surface area contributed by atoms with Crippen molar-refractivity contribution in [1.82, 2.24) is 0 Å². The van der Waals surface area contributed by atoms with Crippen LogP contribution in [0, 0.1) is 35.3 Å². The number of ketones is 4. The SMILES string of the molecule is NC(=O)C1C(=O)CC2C(O)C3/C(=C/c4cc(F)cc(F)c4)c4cccc(O)c4C(=O)C3C(=O)C2(O)C1=O. The Morgan fingerprint density at radius 2 is 1.70 bits per heavy atom. The third-order valence-corrected chi connectivity index (χ3v) is 7.45. The summed E-state index contributed by atoms with van der Waals surface area (Å²) in [6.45, 7) is 0. The molecule has 190 valence electrons. The molecule has 0 spiro atoms. The maximum absolute atomic E-state index is 13.9. The summed E-state index contributed by atoms with van der Waals surface area (Å²) in [5.74, 6) is -16.0. The highest BCUT2D eigenvalue weighted by Gasteiger charge is 2.69. The Labute approximate surface area is 207 Å². The number of phenolic OH excluding ortho intramolecular Hbond substituents is 1. The van der Waals surface area contributed by atoms with Gasteiger partial charge in [-0.1, -0.05) is 18.2 Å². The van der Waals surface area contributed by atoms with Crippen LogP contribution < -0.4 is 5.73 Å². The van der Waals surface area contributed by atoms with Crippen molar-refractivity contribution in [3.8, 4) is 5.75 Å². The number of hydrogen-bond donors (Lipinski definition) is 4. The van der Waals surface area contributed by atoms with Crippen LogP contribution in [0.1, 0.15) is 27.9 Å². The van der Waals surface area contributed by atoms with Crippen molar-refractivity contribution in [2.45, 2.75) is 18.1 Å². The first-order valence-corrected chi connectivity index (χ1v) is 11.2. The van der Waals surface area contributed by atoms with Crippen LogP contribution in [-0.2, 0) is 19.2 Å². The van der Waals surface area contributed by atoms with Gasteiger partial charge >= 0.3 is 0 Å². The molecule has 0 saturated heterocycles. The zero-order valence-electron chi connectivity index (χ0n) is 18.9. The number of Topliss-reactive ketones (excluding diaryl/α,β-unsaturated/α-hetero) is 4. The highest BCUT2D eigenvalue weighted by Crippen LogP contribution is 2.54. The van der Waals surface area contributed by atoms with Gasteiger partial charge in [-0.3, -0.25) is 24.0 Å². The largest absolute Gasteiger partial charge is 0.507 e. The average Bonchev–Trinajstić information content (AvgIpc) is 2.80. The number of phenols is 1. The summed E-state index contributed by atoms with van der Waals surface area (Å²) in [5, 5.41) is 33.1. The minimum absolute atomic E-state index is 0.0142. The second-order valence-electron chi connectivity index (χ2n) is 9.47. The standard InChI is InChI=1S/C26H19F2NO8/c27-10-4-9(5-11(28)7-10)6-13-12-2-1-3-15(30)17(12)22(33)20-18(13)21(32)14-8-16(31)19(25(29)36)23(34)26(14,37)24(20)35/h1-7,14,18-21,30,32,37H,8H2,(H2,29,36)/b13-6+. The highest BCUT2D eigenvalue weighted by molar-refractivity contribution is 6.32. The summed E-state index contributed by atoms with van der Waals surface area (Å²) >= 11 is 0. The van der Waals surface area contributed by atoms with E-state index in [1.807, 2.05) is 0 Å². The number of primary amides is 1. The molecular weight excluding hydrogens is 492 g/mol. The fraction of sp³-hybridized carbons (Fsp3) is 0.269. The third-order valence-electron chi connectivity index (χ3n) is 7.45. The molecule has 0 heterocycles. The van der Waals surface area contributed by atoms with E-state index in [9.17, 15) is 48.1 Å². The van der Waals surface area contributed by atoms with E-state index in [2.05, 4.69) is 0 Å². The molecule has 37 heavy (non-hydrogen) atoms. The van der Waals surface area contributed by atoms with Crippen molar-refractivity contribution in [1.29, 1.82) is 0 Å². The molecule has 3 aliphatic carbocycles. The number of nitrogens with two attached hydrogens (primary N) is 1. The Kier molecular flexibility index (Phi) is 5.46. The highest BCUT2D eigenvalue weighted by atomic mass is 19.1. The lowest BCUT2D eigenvalue weighted by Crippen LogP contribution is -2.72. The van der Waals surface area contributed by atoms with Crippen molar-refractivity contribution in [3.05, 3.63) is 64.7 Å². The molecule has 5 rings (SSSR count). The molecule has 0 bridgehead atoms. The lowest BCUT2D eigenvalue weighted by molar-refractivity contribution is -0.185. The Bertz CT molecular complexity index is 1450. The van der Waals surface area contributed by atoms with Crippen molar-refractivity contribution in [3.63, 3.8) is 0 Å². The van der Waals surface area contributed by atoms with Gasteiger partial charge in [0.1, 0.15) is 17.4 Å². The molecule has 1 amide bonds. The Morgan fingerprint density at radius 3 is 2.32 bits per heavy atom. The predicted octanol–water partition coefficient (Wildman–Crippen LogP) is 0.574. The fourth-order valence-electron chi connectivity index (χ4n) is 5.87. The van der Waals surface area contributed by atoms with Crippen LogP contribution >= 0.6 is 0 Å². The number of aromatic hydroxyl groups is 1. The molecular formula is C26H19F2NO8. The second kappa shape index (κ2) is 8.22. The molecule has 0 aromatic heterocycles. The van der Waals surface area contributed by atoms with Gasteiger partial charge in [0, 0.05) is 24.3 Å². The number of benzene rings is 2. The Hall–Kier alpha value is -4.09. The van der Waals surface area contributed by atoms with Crippen molar-refractivity contribution >= 4 is 40.7 Å². The lowest BCUT2D eigenvalue weighted by atomic mass is 9.51. The van der Waals surface area contributed by atoms with Gasteiger partial charge < -0.3 is 21.1 Å². The molecule has 2 aromatic rings. The molecule has 0 radical (unpaired) electrons. The van der Waals surface area contributed by atoms with Crippen molar-refractivity contribution in [2.75, 3.05) is 0 Å². The van der Waals surface area contributed by atoms with Gasteiger partial charge in [-0.25, -0.2) is 8.78 Å². The van der Waals surface area contributed by atoms with Crippen LogP contribution in [-0.4, -0.2) is 56.1 Å². The van der Waals surface area contributed by atoms with Crippen LogP contribution in [0.15, 0.2) is 36.4 Å². The normalized spacial score (nSPS) is 32.1. The van der Waals surface area contributed by atoms with E-state index in [0.717, 1.165) is 18.2 Å². The third kappa shape index (κ3) is 3.38. The molecule has 2 saturated carbocycles. The first-order valence-electron chi connectivity index (χ1n) is 11.2. The summed E-state index contributed by atoms with van der Waals surface area (Å²) in [4.78, 5) is 64.6. The molecule has 5 N–H and O–H groups in total. The second-order valence-corrected chi connectivity index (χ2v) is 9.47. The molecule has 2 fully saturated rings. The Morgan fingerprint density at radius 1 is 1.05 bits per heavy atom. The van der Waals surface area contributed by atoms with Gasteiger partial charge in [-0.15, -0.1) is 0 Å². The molecule has 6 unspecified atom stereocenters. The molecule has 6 atom stereocenters. The summed E-state index contributed by atoms with van der Waals surface area (Å²) in [7, 11) is 0. The number of halogens is 2. The number of aliphatic hydroxyl groups is 2. The number of rotatable bonds is 2. The molecule has 9 nitrogen and oxygen atoms in total. The van der Waals surface area contributed by atoms with E-state index in [0.29, 0.717) is 6.07 Å². The number of hydrogen-bond acceptors (Lipinski definition) is 8. The van der Waals surface area contributed by atoms with E-state index in [1.54, 1.807) is 0 Å². The van der Waals surface area contributed by atoms with E-state index < -0.39 is 88.2 Å². The van der Waals surface area contributed by atoms with Gasteiger partial charge in [0.2, 0.25) is 5.91 Å². The first-order chi connectivity index (χ1) is 17.4. The number of amides is 1. The maximum Gasteiger partial charge on any atom is 0.235 e. The quantitative estimate of drug-likeness (QED) is 0.424. The van der Waals surface area contributed by atoms with Crippen LogP contribution in [0.25, 0.3) is 11.6 Å². The van der Waals surface area contributed by atoms with E-state index in [1.165, 1.54) is 18.2 Å². The predicted molar refractivity (Wildman–Crippen MR) is 120 cm³/mol. The van der Waals surface area contributed by atoms with Gasteiger partial charge in [-0.2, -0.15) is 0 Å². The van der Waals surface area contributed by atoms with Crippen LogP contribution in [0.3, 0.4) is 0 Å². The monoisotopic (exact) mass is 511 g/mol. The fourth-order valence-corrected chi connectivity index (χ4v) is 5.87. The van der Waals surface area contributed by atoms with Crippen LogP contribution in [0.5, 0.6) is 5.75 Å². The first kappa shape index (κ1) is 24.6. The van der Waals surface area contributed by atoms with E-state index in [-0.39, 0.29) is 22.3 Å². The van der Waals surface area contributed by atoms with Gasteiger partial charge in [0.25, 0.3) is 0 Å². The summed E-state index contributed by atoms with van der Waals surface area (Å²) in [6, 6.07) is 6.47. The van der Waals surface area contributed by atoms with Crippen molar-refractivity contribution in [2.24, 2.45) is 29.4 Å². The van der Waals surface area contributed by atoms with Gasteiger partial charge in [-0.05, 0) is 34.9 Å². The minimum Gasteiger partial charge on any atom is -0.507 e. The molecule has 3 aliphatic rings. The van der Waals surface area contributed by atoms with Gasteiger partial charge in [0.15, 0.2) is 34.7 Å². The number of carbonyl (C=O) groups excluding carboxylic acids is 5. The summed E-state index contributed by atoms with van der Waals surface area (Å²) in [5.41, 5.74) is 1.73. The molecule has 2 aromatic carbocycles. The summed E-state index contributed by atoms with van der Waals surface area (Å²) in [6.07, 6.45) is -1.42.